The van der Waals surface area contributed by atoms with Gasteiger partial charge in [0.25, 0.3) is 0 Å². The number of nitrogens with zero attached hydrogens (tertiary/aromatic N) is 2. The maximum atomic E-state index is 9.71. The molecule has 0 aliphatic carbocycles. The number of rotatable bonds is 4. The molecular formula is C19H30N2O. The first-order valence-corrected chi connectivity index (χ1v) is 8.97. The van der Waals surface area contributed by atoms with Crippen molar-refractivity contribution in [2.24, 2.45) is 5.92 Å². The Bertz CT molecular complexity index is 449. The largest absolute Gasteiger partial charge is 0.393 e. The van der Waals surface area contributed by atoms with E-state index in [1.54, 1.807) is 0 Å². The van der Waals surface area contributed by atoms with E-state index in [4.69, 9.17) is 0 Å². The maximum absolute atomic E-state index is 9.71. The van der Waals surface area contributed by atoms with Gasteiger partial charge in [-0.2, -0.15) is 0 Å². The molecule has 2 unspecified atom stereocenters. The number of likely N-dealkylation sites (tertiary alicyclic amines) is 1. The zero-order chi connectivity index (χ0) is 15.4. The third-order valence-electron chi connectivity index (χ3n) is 5.30. The number of aliphatic hydroxyl groups excluding tert-OH is 1. The molecule has 3 heteroatoms. The van der Waals surface area contributed by atoms with Crippen molar-refractivity contribution in [1.29, 1.82) is 0 Å². The lowest BCUT2D eigenvalue weighted by atomic mass is 10.0. The van der Waals surface area contributed by atoms with E-state index in [9.17, 15) is 5.11 Å². The molecule has 2 heterocycles. The van der Waals surface area contributed by atoms with E-state index in [1.807, 2.05) is 6.92 Å². The summed E-state index contributed by atoms with van der Waals surface area (Å²) in [5.41, 5.74) is 2.78. The second kappa shape index (κ2) is 7.47. The van der Waals surface area contributed by atoms with Crippen molar-refractivity contribution in [2.75, 3.05) is 31.1 Å². The molecule has 2 aliphatic heterocycles. The molecule has 2 aliphatic rings. The summed E-state index contributed by atoms with van der Waals surface area (Å²) >= 11 is 0. The predicted octanol–water partition coefficient (Wildman–Crippen LogP) is 3.27. The first-order chi connectivity index (χ1) is 10.7. The maximum Gasteiger partial charge on any atom is 0.0552 e. The summed E-state index contributed by atoms with van der Waals surface area (Å²) in [7, 11) is 0. The second-order valence-electron chi connectivity index (χ2n) is 7.09. The Hall–Kier alpha value is -1.06. The average Bonchev–Trinajstić information content (AvgIpc) is 2.82. The Kier molecular flexibility index (Phi) is 5.37. The van der Waals surface area contributed by atoms with Crippen molar-refractivity contribution in [2.45, 2.75) is 51.7 Å². The minimum Gasteiger partial charge on any atom is -0.393 e. The number of benzene rings is 1. The Morgan fingerprint density at radius 3 is 2.32 bits per heavy atom. The fraction of sp³-hybridized carbons (Fsp3) is 0.684. The molecular weight excluding hydrogens is 272 g/mol. The molecule has 2 saturated heterocycles. The predicted molar refractivity (Wildman–Crippen MR) is 92.2 cm³/mol. The highest BCUT2D eigenvalue weighted by Gasteiger charge is 2.25. The Morgan fingerprint density at radius 1 is 1.05 bits per heavy atom. The van der Waals surface area contributed by atoms with Crippen LogP contribution in [0.25, 0.3) is 0 Å². The van der Waals surface area contributed by atoms with Crippen LogP contribution in [-0.2, 0) is 6.54 Å². The van der Waals surface area contributed by atoms with Gasteiger partial charge in [-0.15, -0.1) is 0 Å². The normalized spacial score (nSPS) is 25.2. The van der Waals surface area contributed by atoms with Crippen molar-refractivity contribution in [1.82, 2.24) is 4.90 Å². The molecule has 3 nitrogen and oxygen atoms in total. The van der Waals surface area contributed by atoms with E-state index in [1.165, 1.54) is 50.0 Å². The van der Waals surface area contributed by atoms with Crippen LogP contribution in [0.4, 0.5) is 5.69 Å². The summed E-state index contributed by atoms with van der Waals surface area (Å²) in [5, 5.41) is 9.71. The minimum absolute atomic E-state index is 0.171. The van der Waals surface area contributed by atoms with Gasteiger partial charge < -0.3 is 10.0 Å². The van der Waals surface area contributed by atoms with Crippen LogP contribution in [0.5, 0.6) is 0 Å². The van der Waals surface area contributed by atoms with Crippen LogP contribution in [0.1, 0.15) is 44.6 Å². The lowest BCUT2D eigenvalue weighted by Crippen LogP contribution is -2.24. The van der Waals surface area contributed by atoms with Crippen molar-refractivity contribution in [3.63, 3.8) is 0 Å². The van der Waals surface area contributed by atoms with E-state index in [2.05, 4.69) is 34.1 Å². The quantitative estimate of drug-likeness (QED) is 0.925. The van der Waals surface area contributed by atoms with Crippen LogP contribution in [0.15, 0.2) is 24.3 Å². The topological polar surface area (TPSA) is 26.7 Å². The van der Waals surface area contributed by atoms with Crippen LogP contribution in [0.2, 0.25) is 0 Å². The monoisotopic (exact) mass is 302 g/mol. The van der Waals surface area contributed by atoms with Crippen molar-refractivity contribution < 1.29 is 5.11 Å². The molecule has 1 aromatic carbocycles. The zero-order valence-corrected chi connectivity index (χ0v) is 13.9. The smallest absolute Gasteiger partial charge is 0.0552 e. The van der Waals surface area contributed by atoms with E-state index in [-0.39, 0.29) is 6.10 Å². The SMILES string of the molecule is CC(O)C1CCN(Cc2ccc(N3CCCCCC3)cc2)C1. The molecule has 2 atom stereocenters. The molecule has 0 aromatic heterocycles. The van der Waals surface area contributed by atoms with E-state index in [0.717, 1.165) is 26.1 Å². The van der Waals surface area contributed by atoms with Crippen LogP contribution >= 0.6 is 0 Å². The fourth-order valence-electron chi connectivity index (χ4n) is 3.80. The van der Waals surface area contributed by atoms with Gasteiger partial charge in [0.2, 0.25) is 0 Å². The van der Waals surface area contributed by atoms with Crippen molar-refractivity contribution in [3.8, 4) is 0 Å². The number of anilines is 1. The van der Waals surface area contributed by atoms with Gasteiger partial charge in [0.05, 0.1) is 6.10 Å². The van der Waals surface area contributed by atoms with Gasteiger partial charge >= 0.3 is 0 Å². The highest BCUT2D eigenvalue weighted by Crippen LogP contribution is 2.23. The molecule has 1 N–H and O–H groups in total. The molecule has 0 saturated carbocycles. The lowest BCUT2D eigenvalue weighted by Gasteiger charge is -2.23. The van der Waals surface area contributed by atoms with Gasteiger partial charge in [0.1, 0.15) is 0 Å². The first-order valence-electron chi connectivity index (χ1n) is 8.97. The Balaban J connectivity index is 1.55. The number of aliphatic hydroxyl groups is 1. The van der Waals surface area contributed by atoms with Gasteiger partial charge in [-0.3, -0.25) is 4.90 Å². The molecule has 0 amide bonds. The third kappa shape index (κ3) is 4.02. The van der Waals surface area contributed by atoms with Crippen LogP contribution < -0.4 is 4.90 Å². The minimum atomic E-state index is -0.171. The second-order valence-corrected chi connectivity index (χ2v) is 7.09. The Morgan fingerprint density at radius 2 is 1.73 bits per heavy atom. The highest BCUT2D eigenvalue weighted by molar-refractivity contribution is 5.47. The summed E-state index contributed by atoms with van der Waals surface area (Å²) in [6.07, 6.45) is 6.38. The van der Waals surface area contributed by atoms with Gasteiger partial charge in [-0.25, -0.2) is 0 Å². The van der Waals surface area contributed by atoms with Gasteiger partial charge in [0, 0.05) is 31.9 Å². The summed E-state index contributed by atoms with van der Waals surface area (Å²) in [4.78, 5) is 5.01. The van der Waals surface area contributed by atoms with E-state index >= 15 is 0 Å². The summed E-state index contributed by atoms with van der Waals surface area (Å²) in [6, 6.07) is 9.16. The van der Waals surface area contributed by atoms with Gasteiger partial charge in [-0.05, 0) is 56.3 Å². The van der Waals surface area contributed by atoms with Gasteiger partial charge in [-0.1, -0.05) is 25.0 Å². The number of hydrogen-bond acceptors (Lipinski definition) is 3. The van der Waals surface area contributed by atoms with Crippen LogP contribution in [0, 0.1) is 5.92 Å². The standard InChI is InChI=1S/C19H30N2O/c1-16(22)18-10-13-20(15-18)14-17-6-8-19(9-7-17)21-11-4-2-3-5-12-21/h6-9,16,18,22H,2-5,10-15H2,1H3. The molecule has 0 radical (unpaired) electrons. The third-order valence-corrected chi connectivity index (χ3v) is 5.30. The van der Waals surface area contributed by atoms with Crippen LogP contribution in [0.3, 0.4) is 0 Å². The molecule has 0 bridgehead atoms. The van der Waals surface area contributed by atoms with E-state index in [0.29, 0.717) is 5.92 Å². The molecule has 22 heavy (non-hydrogen) atoms. The van der Waals surface area contributed by atoms with Crippen molar-refractivity contribution in [3.05, 3.63) is 29.8 Å². The van der Waals surface area contributed by atoms with Crippen LogP contribution in [-0.4, -0.2) is 42.3 Å². The molecule has 3 rings (SSSR count). The molecule has 1 aromatic rings. The highest BCUT2D eigenvalue weighted by atomic mass is 16.3. The van der Waals surface area contributed by atoms with Crippen molar-refractivity contribution >= 4 is 5.69 Å². The van der Waals surface area contributed by atoms with E-state index < -0.39 is 0 Å². The summed E-state index contributed by atoms with van der Waals surface area (Å²) < 4.78 is 0. The Labute approximate surface area is 134 Å². The molecule has 122 valence electrons. The summed E-state index contributed by atoms with van der Waals surface area (Å²) in [6.45, 7) is 7.51. The molecule has 0 spiro atoms. The fourth-order valence-corrected chi connectivity index (χ4v) is 3.80. The van der Waals surface area contributed by atoms with Gasteiger partial charge in [0.15, 0.2) is 0 Å². The zero-order valence-electron chi connectivity index (χ0n) is 13.9. The number of hydrogen-bond donors (Lipinski definition) is 1. The lowest BCUT2D eigenvalue weighted by molar-refractivity contribution is 0.127. The summed E-state index contributed by atoms with van der Waals surface area (Å²) in [5.74, 6) is 0.455. The first kappa shape index (κ1) is 15.8. The molecule has 2 fully saturated rings. The average molecular weight is 302 g/mol.